The van der Waals surface area contributed by atoms with Crippen molar-refractivity contribution in [3.8, 4) is 11.3 Å². The van der Waals surface area contributed by atoms with Crippen molar-refractivity contribution in [2.75, 3.05) is 18.4 Å². The maximum atomic E-state index is 13.0. The van der Waals surface area contributed by atoms with Crippen LogP contribution in [-0.4, -0.2) is 38.7 Å². The van der Waals surface area contributed by atoms with Crippen LogP contribution >= 0.6 is 0 Å². The first kappa shape index (κ1) is 18.4. The average molecular weight is 375 g/mol. The molecule has 1 atom stereocenters. The molecule has 0 spiro atoms. The SMILES string of the molecule is Cn1cc(NC(=O)C2CCCN(Cc3ccccc3)C2)c(-c2ccncc2)n1. The molecule has 1 aliphatic rings. The number of anilines is 1. The number of benzene rings is 1. The molecule has 6 nitrogen and oxygen atoms in total. The maximum Gasteiger partial charge on any atom is 0.228 e. The summed E-state index contributed by atoms with van der Waals surface area (Å²) in [5.41, 5.74) is 3.75. The summed E-state index contributed by atoms with van der Waals surface area (Å²) in [7, 11) is 1.86. The first-order chi connectivity index (χ1) is 13.7. The summed E-state index contributed by atoms with van der Waals surface area (Å²) in [6.07, 6.45) is 7.28. The monoisotopic (exact) mass is 375 g/mol. The number of rotatable bonds is 5. The molecule has 1 amide bonds. The van der Waals surface area contributed by atoms with Gasteiger partial charge in [-0.15, -0.1) is 0 Å². The molecule has 6 heteroatoms. The fraction of sp³-hybridized carbons (Fsp3) is 0.318. The molecule has 3 heterocycles. The first-order valence-electron chi connectivity index (χ1n) is 9.70. The van der Waals surface area contributed by atoms with Crippen molar-refractivity contribution >= 4 is 11.6 Å². The standard InChI is InChI=1S/C22H25N5O/c1-26-16-20(21(25-26)18-9-11-23-12-10-18)24-22(28)19-8-5-13-27(15-19)14-17-6-3-2-4-7-17/h2-4,6-7,9-12,16,19H,5,8,13-15H2,1H3,(H,24,28). The predicted octanol–water partition coefficient (Wildman–Crippen LogP) is 3.33. The van der Waals surface area contributed by atoms with E-state index in [1.807, 2.05) is 31.4 Å². The van der Waals surface area contributed by atoms with Crippen LogP contribution in [-0.2, 0) is 18.4 Å². The molecule has 1 unspecified atom stereocenters. The van der Waals surface area contributed by atoms with Crippen molar-refractivity contribution in [3.05, 3.63) is 66.6 Å². The molecule has 1 saturated heterocycles. The van der Waals surface area contributed by atoms with Gasteiger partial charge < -0.3 is 5.32 Å². The van der Waals surface area contributed by atoms with Crippen LogP contribution in [0.4, 0.5) is 5.69 Å². The largest absolute Gasteiger partial charge is 0.323 e. The van der Waals surface area contributed by atoms with Crippen molar-refractivity contribution in [1.29, 1.82) is 0 Å². The normalized spacial score (nSPS) is 17.4. The second kappa shape index (κ2) is 8.35. The molecule has 1 N–H and O–H groups in total. The zero-order valence-corrected chi connectivity index (χ0v) is 16.1. The molecule has 0 saturated carbocycles. The number of aryl methyl sites for hydroxylation is 1. The lowest BCUT2D eigenvalue weighted by atomic mass is 9.96. The highest BCUT2D eigenvalue weighted by molar-refractivity contribution is 5.96. The Labute approximate surface area is 165 Å². The molecule has 0 aliphatic carbocycles. The summed E-state index contributed by atoms with van der Waals surface area (Å²) >= 11 is 0. The Morgan fingerprint density at radius 1 is 1.18 bits per heavy atom. The number of nitrogens with zero attached hydrogens (tertiary/aromatic N) is 4. The average Bonchev–Trinajstić information content (AvgIpc) is 3.09. The summed E-state index contributed by atoms with van der Waals surface area (Å²) in [4.78, 5) is 19.4. The second-order valence-corrected chi connectivity index (χ2v) is 7.35. The van der Waals surface area contributed by atoms with Crippen LogP contribution in [0.5, 0.6) is 0 Å². The molecular formula is C22H25N5O. The number of piperidine rings is 1. The molecule has 0 radical (unpaired) electrons. The summed E-state index contributed by atoms with van der Waals surface area (Å²) in [5, 5.41) is 7.63. The van der Waals surface area contributed by atoms with E-state index in [2.05, 4.69) is 44.6 Å². The van der Waals surface area contributed by atoms with Crippen LogP contribution in [0.3, 0.4) is 0 Å². The zero-order valence-electron chi connectivity index (χ0n) is 16.1. The maximum absolute atomic E-state index is 13.0. The number of nitrogens with one attached hydrogen (secondary N) is 1. The Hall–Kier alpha value is -2.99. The minimum absolute atomic E-state index is 0.0111. The van der Waals surface area contributed by atoms with E-state index in [1.165, 1.54) is 5.56 Å². The lowest BCUT2D eigenvalue weighted by Gasteiger charge is -2.32. The molecule has 3 aromatic rings. The first-order valence-corrected chi connectivity index (χ1v) is 9.70. The fourth-order valence-electron chi connectivity index (χ4n) is 3.79. The van der Waals surface area contributed by atoms with Crippen molar-refractivity contribution in [2.45, 2.75) is 19.4 Å². The lowest BCUT2D eigenvalue weighted by molar-refractivity contribution is -0.121. The van der Waals surface area contributed by atoms with Crippen LogP contribution in [0.25, 0.3) is 11.3 Å². The molecular weight excluding hydrogens is 350 g/mol. The highest BCUT2D eigenvalue weighted by atomic mass is 16.1. The van der Waals surface area contributed by atoms with E-state index in [0.717, 1.165) is 49.4 Å². The van der Waals surface area contributed by atoms with Crippen LogP contribution in [0.1, 0.15) is 18.4 Å². The van der Waals surface area contributed by atoms with E-state index < -0.39 is 0 Å². The van der Waals surface area contributed by atoms with Gasteiger partial charge in [0, 0.05) is 44.3 Å². The van der Waals surface area contributed by atoms with Gasteiger partial charge >= 0.3 is 0 Å². The quantitative estimate of drug-likeness (QED) is 0.743. The Kier molecular flexibility index (Phi) is 5.48. The van der Waals surface area contributed by atoms with E-state index in [-0.39, 0.29) is 11.8 Å². The van der Waals surface area contributed by atoms with Crippen LogP contribution in [0.15, 0.2) is 61.1 Å². The molecule has 0 bridgehead atoms. The van der Waals surface area contributed by atoms with Crippen molar-refractivity contribution < 1.29 is 4.79 Å². The zero-order chi connectivity index (χ0) is 19.3. The van der Waals surface area contributed by atoms with Gasteiger partial charge in [-0.05, 0) is 37.1 Å². The lowest BCUT2D eigenvalue weighted by Crippen LogP contribution is -2.40. The number of carbonyl (C=O) groups excluding carboxylic acids is 1. The van der Waals surface area contributed by atoms with E-state index in [0.29, 0.717) is 0 Å². The number of pyridine rings is 1. The number of likely N-dealkylation sites (tertiary alicyclic amines) is 1. The van der Waals surface area contributed by atoms with Gasteiger partial charge in [0.05, 0.1) is 11.6 Å². The van der Waals surface area contributed by atoms with Gasteiger partial charge in [0.1, 0.15) is 5.69 Å². The summed E-state index contributed by atoms with van der Waals surface area (Å²) in [5.74, 6) is 0.0593. The van der Waals surface area contributed by atoms with Crippen LogP contribution in [0, 0.1) is 5.92 Å². The molecule has 1 fully saturated rings. The highest BCUT2D eigenvalue weighted by Gasteiger charge is 2.27. The van der Waals surface area contributed by atoms with Crippen molar-refractivity contribution in [3.63, 3.8) is 0 Å². The smallest absolute Gasteiger partial charge is 0.228 e. The van der Waals surface area contributed by atoms with E-state index in [9.17, 15) is 4.79 Å². The molecule has 28 heavy (non-hydrogen) atoms. The Morgan fingerprint density at radius 2 is 1.96 bits per heavy atom. The number of aromatic nitrogens is 3. The van der Waals surface area contributed by atoms with Crippen molar-refractivity contribution in [2.24, 2.45) is 13.0 Å². The third-order valence-corrected chi connectivity index (χ3v) is 5.17. The second-order valence-electron chi connectivity index (χ2n) is 7.35. The summed E-state index contributed by atoms with van der Waals surface area (Å²) in [6.45, 7) is 2.71. The number of hydrogen-bond acceptors (Lipinski definition) is 4. The van der Waals surface area contributed by atoms with Gasteiger partial charge in [-0.3, -0.25) is 19.4 Å². The van der Waals surface area contributed by atoms with Gasteiger partial charge in [-0.2, -0.15) is 5.10 Å². The van der Waals surface area contributed by atoms with Crippen molar-refractivity contribution in [1.82, 2.24) is 19.7 Å². The summed E-state index contributed by atoms with van der Waals surface area (Å²) in [6, 6.07) is 14.2. The van der Waals surface area contributed by atoms with Gasteiger partial charge in [-0.25, -0.2) is 0 Å². The third-order valence-electron chi connectivity index (χ3n) is 5.17. The molecule has 1 aliphatic heterocycles. The Morgan fingerprint density at radius 3 is 2.75 bits per heavy atom. The molecule has 1 aromatic carbocycles. The van der Waals surface area contributed by atoms with E-state index in [4.69, 9.17) is 0 Å². The highest BCUT2D eigenvalue weighted by Crippen LogP contribution is 2.27. The predicted molar refractivity (Wildman–Crippen MR) is 110 cm³/mol. The molecule has 2 aromatic heterocycles. The molecule has 144 valence electrons. The third kappa shape index (κ3) is 4.28. The molecule has 4 rings (SSSR count). The Balaban J connectivity index is 1.44. The Bertz CT molecular complexity index is 923. The minimum Gasteiger partial charge on any atom is -0.323 e. The van der Waals surface area contributed by atoms with E-state index >= 15 is 0 Å². The van der Waals surface area contributed by atoms with E-state index in [1.54, 1.807) is 17.1 Å². The van der Waals surface area contributed by atoms with Crippen LogP contribution in [0.2, 0.25) is 0 Å². The van der Waals surface area contributed by atoms with Gasteiger partial charge in [-0.1, -0.05) is 30.3 Å². The number of amides is 1. The van der Waals surface area contributed by atoms with Gasteiger partial charge in [0.2, 0.25) is 5.91 Å². The summed E-state index contributed by atoms with van der Waals surface area (Å²) < 4.78 is 1.73. The minimum atomic E-state index is -0.0111. The van der Waals surface area contributed by atoms with Gasteiger partial charge in [0.25, 0.3) is 0 Å². The van der Waals surface area contributed by atoms with Crippen LogP contribution < -0.4 is 5.32 Å². The number of carbonyl (C=O) groups is 1. The van der Waals surface area contributed by atoms with Gasteiger partial charge in [0.15, 0.2) is 0 Å². The topological polar surface area (TPSA) is 63.1 Å². The fourth-order valence-corrected chi connectivity index (χ4v) is 3.79. The number of hydrogen-bond donors (Lipinski definition) is 1.